The molecule has 0 spiro atoms. The zero-order valence-corrected chi connectivity index (χ0v) is 12.1. The SMILES string of the molecule is C[C@@]12C3CCC(CC31)[C@@H]2Nc1nc(Cl)nn2cccc12. The van der Waals surface area contributed by atoms with Gasteiger partial charge < -0.3 is 5.32 Å². The van der Waals surface area contributed by atoms with E-state index in [-0.39, 0.29) is 0 Å². The predicted octanol–water partition coefficient (Wildman–Crippen LogP) is 3.23. The van der Waals surface area contributed by atoms with Crippen LogP contribution in [0.15, 0.2) is 18.3 Å². The Morgan fingerprint density at radius 1 is 1.40 bits per heavy atom. The van der Waals surface area contributed by atoms with Crippen LogP contribution in [0.1, 0.15) is 26.2 Å². The van der Waals surface area contributed by atoms with Crippen molar-refractivity contribution in [1.82, 2.24) is 14.6 Å². The molecule has 2 heterocycles. The van der Waals surface area contributed by atoms with Gasteiger partial charge in [0, 0.05) is 12.2 Å². The Bertz CT molecular complexity index is 705. The van der Waals surface area contributed by atoms with Gasteiger partial charge in [-0.15, -0.1) is 5.10 Å². The summed E-state index contributed by atoms with van der Waals surface area (Å²) in [7, 11) is 0. The lowest BCUT2D eigenvalue weighted by molar-refractivity contribution is 0.250. The maximum atomic E-state index is 6.04. The van der Waals surface area contributed by atoms with Crippen LogP contribution in [0.2, 0.25) is 5.28 Å². The molecule has 6 rings (SSSR count). The Hall–Kier alpha value is -1.29. The molecule has 104 valence electrons. The van der Waals surface area contributed by atoms with Gasteiger partial charge in [-0.25, -0.2) is 4.52 Å². The monoisotopic (exact) mass is 288 g/mol. The highest BCUT2D eigenvalue weighted by Crippen LogP contribution is 2.75. The normalized spacial score (nSPS) is 41.1. The first-order valence-corrected chi connectivity index (χ1v) is 7.83. The highest BCUT2D eigenvalue weighted by Gasteiger charge is 2.73. The molecule has 4 aliphatic carbocycles. The van der Waals surface area contributed by atoms with Crippen LogP contribution in [0, 0.1) is 23.2 Å². The Balaban J connectivity index is 1.56. The minimum Gasteiger partial charge on any atom is -0.365 e. The molecule has 0 amide bonds. The number of nitrogens with one attached hydrogen (secondary N) is 1. The smallest absolute Gasteiger partial charge is 0.243 e. The van der Waals surface area contributed by atoms with Crippen LogP contribution in [0.25, 0.3) is 5.52 Å². The molecule has 20 heavy (non-hydrogen) atoms. The Kier molecular flexibility index (Phi) is 1.98. The largest absolute Gasteiger partial charge is 0.365 e. The third kappa shape index (κ3) is 1.24. The molecule has 0 aromatic carbocycles. The summed E-state index contributed by atoms with van der Waals surface area (Å²) in [5.41, 5.74) is 1.50. The maximum Gasteiger partial charge on any atom is 0.243 e. The molecule has 4 saturated carbocycles. The van der Waals surface area contributed by atoms with Gasteiger partial charge in [0.05, 0.1) is 0 Å². The molecule has 0 saturated heterocycles. The van der Waals surface area contributed by atoms with E-state index >= 15 is 0 Å². The molecule has 2 aromatic heterocycles. The lowest BCUT2D eigenvalue weighted by atomic mass is 9.78. The van der Waals surface area contributed by atoms with Crippen molar-refractivity contribution in [3.8, 4) is 0 Å². The molecule has 3 unspecified atom stereocenters. The third-order valence-corrected chi connectivity index (χ3v) is 6.34. The Morgan fingerprint density at radius 2 is 2.30 bits per heavy atom. The van der Waals surface area contributed by atoms with E-state index < -0.39 is 0 Å². The quantitative estimate of drug-likeness (QED) is 0.922. The zero-order chi connectivity index (χ0) is 13.5. The molecule has 1 N–H and O–H groups in total. The van der Waals surface area contributed by atoms with Crippen molar-refractivity contribution in [3.05, 3.63) is 23.6 Å². The van der Waals surface area contributed by atoms with Crippen molar-refractivity contribution >= 4 is 22.9 Å². The average Bonchev–Trinajstić information content (AvgIpc) is 2.74. The first kappa shape index (κ1) is 11.4. The number of aromatic nitrogens is 3. The molecule has 4 fully saturated rings. The first-order valence-electron chi connectivity index (χ1n) is 7.45. The van der Waals surface area contributed by atoms with Gasteiger partial charge in [0.15, 0.2) is 5.82 Å². The molecular weight excluding hydrogens is 272 g/mol. The van der Waals surface area contributed by atoms with Crippen LogP contribution in [0.5, 0.6) is 0 Å². The summed E-state index contributed by atoms with van der Waals surface area (Å²) in [6.45, 7) is 2.46. The van der Waals surface area contributed by atoms with Gasteiger partial charge in [0.25, 0.3) is 0 Å². The van der Waals surface area contributed by atoms with Crippen LogP contribution >= 0.6 is 11.6 Å². The number of rotatable bonds is 2. The molecule has 4 nitrogen and oxygen atoms in total. The van der Waals surface area contributed by atoms with Crippen molar-refractivity contribution in [2.24, 2.45) is 23.2 Å². The second-order valence-corrected chi connectivity index (χ2v) is 7.18. The molecule has 0 aliphatic heterocycles. The fraction of sp³-hybridized carbons (Fsp3) is 0.600. The van der Waals surface area contributed by atoms with Crippen LogP contribution < -0.4 is 5.32 Å². The number of halogens is 1. The van der Waals surface area contributed by atoms with Gasteiger partial charge >= 0.3 is 0 Å². The summed E-state index contributed by atoms with van der Waals surface area (Å²) in [5.74, 6) is 3.57. The van der Waals surface area contributed by atoms with E-state index in [0.29, 0.717) is 16.7 Å². The number of anilines is 1. The van der Waals surface area contributed by atoms with E-state index in [2.05, 4.69) is 22.3 Å². The highest BCUT2D eigenvalue weighted by molar-refractivity contribution is 6.28. The Labute approximate surface area is 122 Å². The van der Waals surface area contributed by atoms with Gasteiger partial charge in [0.1, 0.15) is 5.52 Å². The topological polar surface area (TPSA) is 42.2 Å². The second-order valence-electron chi connectivity index (χ2n) is 6.84. The van der Waals surface area contributed by atoms with Crippen molar-refractivity contribution in [2.45, 2.75) is 32.2 Å². The van der Waals surface area contributed by atoms with Crippen molar-refractivity contribution < 1.29 is 0 Å². The number of hydrogen-bond donors (Lipinski definition) is 1. The maximum absolute atomic E-state index is 6.04. The van der Waals surface area contributed by atoms with E-state index in [4.69, 9.17) is 11.6 Å². The van der Waals surface area contributed by atoms with Gasteiger partial charge in [0.2, 0.25) is 5.28 Å². The fourth-order valence-electron chi connectivity index (χ4n) is 5.20. The minimum absolute atomic E-state index is 0.303. The summed E-state index contributed by atoms with van der Waals surface area (Å²) in [4.78, 5) is 4.43. The van der Waals surface area contributed by atoms with Crippen LogP contribution in [0.4, 0.5) is 5.82 Å². The van der Waals surface area contributed by atoms with E-state index in [1.165, 1.54) is 19.3 Å². The summed E-state index contributed by atoms with van der Waals surface area (Å²) in [6.07, 6.45) is 6.10. The minimum atomic E-state index is 0.303. The predicted molar refractivity (Wildman–Crippen MR) is 77.8 cm³/mol. The van der Waals surface area contributed by atoms with Crippen LogP contribution in [-0.4, -0.2) is 20.6 Å². The molecule has 2 aromatic rings. The van der Waals surface area contributed by atoms with E-state index in [9.17, 15) is 0 Å². The third-order valence-electron chi connectivity index (χ3n) is 6.18. The van der Waals surface area contributed by atoms with E-state index in [0.717, 1.165) is 29.1 Å². The zero-order valence-electron chi connectivity index (χ0n) is 11.4. The van der Waals surface area contributed by atoms with Gasteiger partial charge in [-0.2, -0.15) is 4.98 Å². The number of hydrogen-bond acceptors (Lipinski definition) is 3. The van der Waals surface area contributed by atoms with Gasteiger partial charge in [-0.05, 0) is 66.2 Å². The molecule has 4 aliphatic rings. The lowest BCUT2D eigenvalue weighted by Gasteiger charge is -2.35. The van der Waals surface area contributed by atoms with E-state index in [1.807, 2.05) is 18.3 Å². The Morgan fingerprint density at radius 3 is 3.05 bits per heavy atom. The second kappa shape index (κ2) is 3.48. The average molecular weight is 289 g/mol. The number of fused-ring (bicyclic) bond motifs is 2. The van der Waals surface area contributed by atoms with Crippen LogP contribution in [0.3, 0.4) is 0 Å². The summed E-state index contributed by atoms with van der Waals surface area (Å²) >= 11 is 6.04. The van der Waals surface area contributed by atoms with Crippen molar-refractivity contribution in [1.29, 1.82) is 0 Å². The summed E-state index contributed by atoms with van der Waals surface area (Å²) in [5, 5.41) is 8.22. The summed E-state index contributed by atoms with van der Waals surface area (Å²) < 4.78 is 1.80. The first-order chi connectivity index (χ1) is 9.68. The molecule has 5 atom stereocenters. The van der Waals surface area contributed by atoms with Crippen molar-refractivity contribution in [2.75, 3.05) is 5.32 Å². The molecular formula is C15H17ClN4. The van der Waals surface area contributed by atoms with E-state index in [1.54, 1.807) is 4.52 Å². The van der Waals surface area contributed by atoms with Crippen molar-refractivity contribution in [3.63, 3.8) is 0 Å². The highest BCUT2D eigenvalue weighted by atomic mass is 35.5. The number of nitrogens with zero attached hydrogens (tertiary/aromatic N) is 3. The van der Waals surface area contributed by atoms with Gasteiger partial charge in [-0.3, -0.25) is 0 Å². The molecule has 5 heteroatoms. The molecule has 4 bridgehead atoms. The van der Waals surface area contributed by atoms with Gasteiger partial charge in [-0.1, -0.05) is 6.92 Å². The lowest BCUT2D eigenvalue weighted by Crippen LogP contribution is -2.38. The standard InChI is InChI=1S/C15H17ClN4/c1-15-9-5-4-8(7-10(9)15)12(15)17-13-11-3-2-6-20(11)19-14(16)18-13/h2-3,6,8-10,12H,4-5,7H2,1H3,(H,17,18,19)/t8?,9?,10?,12-,15+/m0/s1. The fourth-order valence-corrected chi connectivity index (χ4v) is 5.36. The molecule has 0 radical (unpaired) electrons. The summed E-state index contributed by atoms with van der Waals surface area (Å²) in [6, 6.07) is 4.57. The van der Waals surface area contributed by atoms with Crippen LogP contribution in [-0.2, 0) is 0 Å².